The molecule has 2 rings (SSSR count). The molecule has 0 unspecified atom stereocenters. The molecule has 0 aliphatic heterocycles. The van der Waals surface area contributed by atoms with Gasteiger partial charge < -0.3 is 9.88 Å². The molecule has 0 aliphatic carbocycles. The van der Waals surface area contributed by atoms with Crippen molar-refractivity contribution in [1.82, 2.24) is 9.55 Å². The van der Waals surface area contributed by atoms with E-state index in [1.807, 2.05) is 12.5 Å². The van der Waals surface area contributed by atoms with Gasteiger partial charge in [-0.25, -0.2) is 4.98 Å². The molecule has 1 N–H and O–H groups in total. The first-order valence-corrected chi connectivity index (χ1v) is 5.59. The van der Waals surface area contributed by atoms with Crippen molar-refractivity contribution < 1.29 is 0 Å². The molecule has 16 heavy (non-hydrogen) atoms. The van der Waals surface area contributed by atoms with E-state index in [-0.39, 0.29) is 0 Å². The molecule has 0 fully saturated rings. The topological polar surface area (TPSA) is 29.9 Å². The molecule has 0 aliphatic rings. The number of aryl methyl sites for hydroxylation is 1. The number of hydrogen-bond acceptors (Lipinski definition) is 2. The fourth-order valence-electron chi connectivity index (χ4n) is 1.73. The van der Waals surface area contributed by atoms with Crippen LogP contribution in [0.5, 0.6) is 0 Å². The fourth-order valence-corrected chi connectivity index (χ4v) is 1.73. The predicted octanol–water partition coefficient (Wildman–Crippen LogP) is 2.67. The van der Waals surface area contributed by atoms with Gasteiger partial charge in [-0.05, 0) is 31.5 Å². The maximum atomic E-state index is 4.12. The molecule has 0 spiro atoms. The van der Waals surface area contributed by atoms with Gasteiger partial charge in [0, 0.05) is 30.7 Å². The van der Waals surface area contributed by atoms with E-state index in [9.17, 15) is 0 Å². The third kappa shape index (κ3) is 2.42. The molecule has 0 amide bonds. The monoisotopic (exact) mass is 215 g/mol. The van der Waals surface area contributed by atoms with E-state index in [0.717, 1.165) is 13.1 Å². The average Bonchev–Trinajstić information content (AvgIpc) is 2.66. The van der Waals surface area contributed by atoms with Crippen LogP contribution in [-0.2, 0) is 6.54 Å². The highest BCUT2D eigenvalue weighted by atomic mass is 15.0. The van der Waals surface area contributed by atoms with Gasteiger partial charge in [-0.3, -0.25) is 0 Å². The molecule has 3 nitrogen and oxygen atoms in total. The summed E-state index contributed by atoms with van der Waals surface area (Å²) in [7, 11) is 0. The van der Waals surface area contributed by atoms with Gasteiger partial charge in [0.25, 0.3) is 0 Å². The smallest absolute Gasteiger partial charge is 0.0951 e. The van der Waals surface area contributed by atoms with E-state index in [2.05, 4.69) is 53.0 Å². The van der Waals surface area contributed by atoms with E-state index in [4.69, 9.17) is 0 Å². The van der Waals surface area contributed by atoms with Gasteiger partial charge in [-0.1, -0.05) is 12.1 Å². The van der Waals surface area contributed by atoms with Crippen molar-refractivity contribution in [2.75, 3.05) is 11.9 Å². The van der Waals surface area contributed by atoms with Crippen LogP contribution in [0, 0.1) is 6.92 Å². The number of aromatic nitrogens is 2. The zero-order valence-electron chi connectivity index (χ0n) is 9.77. The third-order valence-corrected chi connectivity index (χ3v) is 2.58. The minimum absolute atomic E-state index is 0.880. The Balaban J connectivity index is 2.15. The third-order valence-electron chi connectivity index (χ3n) is 2.58. The van der Waals surface area contributed by atoms with Crippen molar-refractivity contribution in [3.05, 3.63) is 48.0 Å². The van der Waals surface area contributed by atoms with Crippen molar-refractivity contribution in [2.24, 2.45) is 0 Å². The number of nitrogens with zero attached hydrogens (tertiary/aromatic N) is 2. The lowest BCUT2D eigenvalue weighted by atomic mass is 10.2. The van der Waals surface area contributed by atoms with E-state index >= 15 is 0 Å². The highest BCUT2D eigenvalue weighted by molar-refractivity contribution is 5.45. The van der Waals surface area contributed by atoms with E-state index in [1.165, 1.54) is 16.9 Å². The highest BCUT2D eigenvalue weighted by Gasteiger charge is 1.99. The minimum atomic E-state index is 0.880. The molecule has 3 heteroatoms. The summed E-state index contributed by atoms with van der Waals surface area (Å²) in [4.78, 5) is 4.12. The molecule has 0 atom stereocenters. The molecule has 0 saturated carbocycles. The summed E-state index contributed by atoms with van der Waals surface area (Å²) < 4.78 is 2.14. The lowest BCUT2D eigenvalue weighted by Gasteiger charge is -2.08. The van der Waals surface area contributed by atoms with Crippen LogP contribution in [0.4, 0.5) is 5.69 Å². The molecule has 1 aromatic carbocycles. The summed E-state index contributed by atoms with van der Waals surface area (Å²) in [5.74, 6) is 0. The first kappa shape index (κ1) is 10.7. The Hall–Kier alpha value is -1.77. The van der Waals surface area contributed by atoms with Crippen molar-refractivity contribution in [1.29, 1.82) is 0 Å². The second-order valence-corrected chi connectivity index (χ2v) is 3.89. The Morgan fingerprint density at radius 2 is 2.25 bits per heavy atom. The largest absolute Gasteiger partial charge is 0.385 e. The Labute approximate surface area is 96.1 Å². The number of benzene rings is 1. The van der Waals surface area contributed by atoms with Crippen LogP contribution in [0.25, 0.3) is 0 Å². The fraction of sp³-hybridized carbons (Fsp3) is 0.308. The molecule has 2 aromatic rings. The summed E-state index contributed by atoms with van der Waals surface area (Å²) in [5, 5.41) is 3.32. The predicted molar refractivity (Wildman–Crippen MR) is 66.7 cm³/mol. The number of anilines is 1. The molecule has 0 radical (unpaired) electrons. The Morgan fingerprint density at radius 1 is 1.38 bits per heavy atom. The van der Waals surface area contributed by atoms with Crippen LogP contribution in [0.1, 0.15) is 18.2 Å². The van der Waals surface area contributed by atoms with Crippen molar-refractivity contribution in [3.8, 4) is 0 Å². The first-order valence-electron chi connectivity index (χ1n) is 5.59. The van der Waals surface area contributed by atoms with E-state index in [1.54, 1.807) is 0 Å². The van der Waals surface area contributed by atoms with Crippen LogP contribution >= 0.6 is 0 Å². The van der Waals surface area contributed by atoms with Crippen LogP contribution in [0.3, 0.4) is 0 Å². The van der Waals surface area contributed by atoms with Crippen molar-refractivity contribution >= 4 is 5.69 Å². The number of imidazole rings is 1. The Kier molecular flexibility index (Phi) is 3.25. The average molecular weight is 215 g/mol. The van der Waals surface area contributed by atoms with Crippen LogP contribution in [-0.4, -0.2) is 16.1 Å². The van der Waals surface area contributed by atoms with Gasteiger partial charge in [-0.2, -0.15) is 0 Å². The molecule has 1 heterocycles. The second kappa shape index (κ2) is 4.84. The molecule has 84 valence electrons. The van der Waals surface area contributed by atoms with Crippen molar-refractivity contribution in [2.45, 2.75) is 20.4 Å². The normalized spacial score (nSPS) is 10.4. The standard InChI is InChI=1S/C13H17N3/c1-3-15-13-6-4-5-12(7-13)9-16-10-14-8-11(16)2/h4-8,10,15H,3,9H2,1-2H3. The molecular formula is C13H17N3. The maximum absolute atomic E-state index is 4.12. The lowest BCUT2D eigenvalue weighted by Crippen LogP contribution is -2.02. The Bertz CT molecular complexity index is 460. The van der Waals surface area contributed by atoms with Crippen LogP contribution < -0.4 is 5.32 Å². The number of hydrogen-bond donors (Lipinski definition) is 1. The van der Waals surface area contributed by atoms with Gasteiger partial charge in [0.15, 0.2) is 0 Å². The van der Waals surface area contributed by atoms with E-state index in [0.29, 0.717) is 0 Å². The summed E-state index contributed by atoms with van der Waals surface area (Å²) >= 11 is 0. The summed E-state index contributed by atoms with van der Waals surface area (Å²) in [5.41, 5.74) is 3.66. The summed E-state index contributed by atoms with van der Waals surface area (Å²) in [6.45, 7) is 6.01. The lowest BCUT2D eigenvalue weighted by molar-refractivity contribution is 0.770. The number of rotatable bonds is 4. The quantitative estimate of drug-likeness (QED) is 0.849. The maximum Gasteiger partial charge on any atom is 0.0951 e. The SMILES string of the molecule is CCNc1cccc(Cn2cncc2C)c1. The molecule has 0 saturated heterocycles. The molecule has 0 bridgehead atoms. The Morgan fingerprint density at radius 3 is 2.94 bits per heavy atom. The van der Waals surface area contributed by atoms with Crippen LogP contribution in [0.2, 0.25) is 0 Å². The summed E-state index contributed by atoms with van der Waals surface area (Å²) in [6.07, 6.45) is 3.75. The zero-order chi connectivity index (χ0) is 11.4. The molecule has 1 aromatic heterocycles. The van der Waals surface area contributed by atoms with Gasteiger partial charge in [0.05, 0.1) is 6.33 Å². The van der Waals surface area contributed by atoms with Crippen molar-refractivity contribution in [3.63, 3.8) is 0 Å². The minimum Gasteiger partial charge on any atom is -0.385 e. The summed E-state index contributed by atoms with van der Waals surface area (Å²) in [6, 6.07) is 8.50. The second-order valence-electron chi connectivity index (χ2n) is 3.89. The first-order chi connectivity index (χ1) is 7.79. The van der Waals surface area contributed by atoms with Gasteiger partial charge >= 0.3 is 0 Å². The van der Waals surface area contributed by atoms with E-state index < -0.39 is 0 Å². The van der Waals surface area contributed by atoms with Gasteiger partial charge in [0.1, 0.15) is 0 Å². The van der Waals surface area contributed by atoms with Gasteiger partial charge in [0.2, 0.25) is 0 Å². The van der Waals surface area contributed by atoms with Gasteiger partial charge in [-0.15, -0.1) is 0 Å². The van der Waals surface area contributed by atoms with Crippen LogP contribution in [0.15, 0.2) is 36.8 Å². The zero-order valence-corrected chi connectivity index (χ0v) is 9.77. The number of nitrogens with one attached hydrogen (secondary N) is 1. The molecular weight excluding hydrogens is 198 g/mol. The highest BCUT2D eigenvalue weighted by Crippen LogP contribution is 2.12.